The van der Waals surface area contributed by atoms with E-state index in [0.717, 1.165) is 42.5 Å². The summed E-state index contributed by atoms with van der Waals surface area (Å²) in [5.74, 6) is 0.405. The first-order chi connectivity index (χ1) is 18.9. The van der Waals surface area contributed by atoms with Crippen molar-refractivity contribution in [2.24, 2.45) is 11.8 Å². The van der Waals surface area contributed by atoms with Gasteiger partial charge in [-0.25, -0.2) is 0 Å². The third kappa shape index (κ3) is 4.26. The van der Waals surface area contributed by atoms with Crippen molar-refractivity contribution in [3.05, 3.63) is 107 Å². The highest BCUT2D eigenvalue weighted by molar-refractivity contribution is 5.35. The molecule has 212 valence electrons. The van der Waals surface area contributed by atoms with Crippen molar-refractivity contribution in [3.8, 4) is 0 Å². The average Bonchev–Trinajstić information content (AvgIpc) is 3.48. The van der Waals surface area contributed by atoms with E-state index in [0.29, 0.717) is 30.1 Å². The monoisotopic (exact) mass is 560 g/mol. The number of ether oxygens (including phenoxy) is 1. The molecular formula is C32H32F6NO+. The van der Waals surface area contributed by atoms with Crippen LogP contribution in [0.4, 0.5) is 26.3 Å². The highest BCUT2D eigenvalue weighted by Gasteiger charge is 2.76. The molecule has 0 amide bonds. The molecule has 2 heterocycles. The van der Waals surface area contributed by atoms with Crippen LogP contribution in [0, 0.1) is 11.8 Å². The molecule has 0 unspecified atom stereocenters. The first-order valence-corrected chi connectivity index (χ1v) is 13.8. The van der Waals surface area contributed by atoms with Crippen molar-refractivity contribution < 1.29 is 35.6 Å². The Morgan fingerprint density at radius 3 is 1.98 bits per heavy atom. The molecule has 0 N–H and O–H groups in total. The lowest BCUT2D eigenvalue weighted by molar-refractivity contribution is -0.967. The van der Waals surface area contributed by atoms with E-state index in [9.17, 15) is 26.3 Å². The van der Waals surface area contributed by atoms with Gasteiger partial charge in [-0.1, -0.05) is 60.7 Å². The average molecular weight is 561 g/mol. The second kappa shape index (κ2) is 9.35. The highest BCUT2D eigenvalue weighted by atomic mass is 19.4. The molecule has 40 heavy (non-hydrogen) atoms. The molecule has 3 fully saturated rings. The number of hydrogen-bond acceptors (Lipinski definition) is 1. The van der Waals surface area contributed by atoms with Crippen molar-refractivity contribution in [1.82, 2.24) is 0 Å². The molecule has 3 aromatic rings. The lowest BCUT2D eigenvalue weighted by Gasteiger charge is -2.44. The Hall–Kier alpha value is -2.84. The molecule has 0 aromatic heterocycles. The fourth-order valence-electron chi connectivity index (χ4n) is 8.34. The van der Waals surface area contributed by atoms with E-state index in [1.807, 2.05) is 60.7 Å². The standard InChI is InChI=1S/C32H32F6NO/c1-29-24-12-13-28(29)30(25-10-6-3-7-11-25,40-20-22-8-4-2-5-9-22)21-39(29,15-14-24)19-23-16-26(31(33,34)35)18-27(17-23)32(36,37)38/h2-11,16-18,24,28H,12-15,19-21H2,1H3/q+1/t24-,28-,29+,30-,39+/m0/s1. The summed E-state index contributed by atoms with van der Waals surface area (Å²) in [6.45, 7) is 3.86. The zero-order chi connectivity index (χ0) is 28.4. The minimum Gasteiger partial charge on any atom is -0.359 e. The van der Waals surface area contributed by atoms with Crippen LogP contribution in [0.15, 0.2) is 78.9 Å². The topological polar surface area (TPSA) is 9.23 Å². The molecule has 1 saturated carbocycles. The Morgan fingerprint density at radius 2 is 1.38 bits per heavy atom. The van der Waals surface area contributed by atoms with Crippen LogP contribution in [0.1, 0.15) is 54.0 Å². The quantitative estimate of drug-likeness (QED) is 0.218. The molecule has 3 aliphatic rings. The zero-order valence-electron chi connectivity index (χ0n) is 22.2. The molecule has 2 nitrogen and oxygen atoms in total. The summed E-state index contributed by atoms with van der Waals surface area (Å²) in [5, 5.41) is 0. The van der Waals surface area contributed by atoms with Crippen LogP contribution in [-0.2, 0) is 35.8 Å². The van der Waals surface area contributed by atoms with Gasteiger partial charge >= 0.3 is 12.4 Å². The Labute approximate surface area is 230 Å². The van der Waals surface area contributed by atoms with Gasteiger partial charge in [-0.05, 0) is 49.1 Å². The van der Waals surface area contributed by atoms with Gasteiger partial charge in [0, 0.05) is 17.9 Å². The molecular weight excluding hydrogens is 528 g/mol. The van der Waals surface area contributed by atoms with Crippen LogP contribution in [0.5, 0.6) is 0 Å². The van der Waals surface area contributed by atoms with Gasteiger partial charge in [-0.3, -0.25) is 0 Å². The number of nitrogens with zero attached hydrogens (tertiary/aromatic N) is 1. The Bertz CT molecular complexity index is 1340. The Balaban J connectivity index is 1.46. The van der Waals surface area contributed by atoms with Gasteiger partial charge in [-0.2, -0.15) is 26.3 Å². The molecule has 0 radical (unpaired) electrons. The van der Waals surface area contributed by atoms with Crippen molar-refractivity contribution in [1.29, 1.82) is 0 Å². The van der Waals surface area contributed by atoms with E-state index < -0.39 is 29.1 Å². The molecule has 2 saturated heterocycles. The van der Waals surface area contributed by atoms with E-state index in [4.69, 9.17) is 4.74 Å². The fourth-order valence-corrected chi connectivity index (χ4v) is 8.34. The fraction of sp³-hybridized carbons (Fsp3) is 0.438. The maximum Gasteiger partial charge on any atom is 0.416 e. The summed E-state index contributed by atoms with van der Waals surface area (Å²) in [7, 11) is 0. The number of rotatable bonds is 6. The summed E-state index contributed by atoms with van der Waals surface area (Å²) < 4.78 is 89.8. The van der Waals surface area contributed by atoms with Crippen LogP contribution in [-0.4, -0.2) is 23.1 Å². The van der Waals surface area contributed by atoms with Crippen LogP contribution in [0.25, 0.3) is 0 Å². The van der Waals surface area contributed by atoms with E-state index >= 15 is 0 Å². The molecule has 0 bridgehead atoms. The number of hydrogen-bond donors (Lipinski definition) is 0. The lowest BCUT2D eigenvalue weighted by atomic mass is 9.74. The molecule has 1 aliphatic carbocycles. The van der Waals surface area contributed by atoms with Crippen molar-refractivity contribution in [2.75, 3.05) is 13.1 Å². The van der Waals surface area contributed by atoms with Crippen molar-refractivity contribution in [3.63, 3.8) is 0 Å². The van der Waals surface area contributed by atoms with Gasteiger partial charge in [0.1, 0.15) is 18.6 Å². The smallest absolute Gasteiger partial charge is 0.359 e. The molecule has 2 aliphatic heterocycles. The van der Waals surface area contributed by atoms with Gasteiger partial charge in [-0.15, -0.1) is 0 Å². The normalized spacial score (nSPS) is 31.5. The van der Waals surface area contributed by atoms with Gasteiger partial charge in [0.2, 0.25) is 0 Å². The van der Waals surface area contributed by atoms with Gasteiger partial charge in [0.25, 0.3) is 0 Å². The minimum absolute atomic E-state index is 0.0709. The predicted molar refractivity (Wildman–Crippen MR) is 139 cm³/mol. The van der Waals surface area contributed by atoms with E-state index in [-0.39, 0.29) is 29.6 Å². The van der Waals surface area contributed by atoms with Gasteiger partial charge in [0.05, 0.1) is 30.2 Å². The number of quaternary nitrogens is 1. The molecule has 0 spiro atoms. The van der Waals surface area contributed by atoms with Crippen molar-refractivity contribution in [2.45, 2.75) is 62.8 Å². The summed E-state index contributed by atoms with van der Waals surface area (Å²) in [4.78, 5) is 0. The molecule has 5 atom stereocenters. The Kier molecular flexibility index (Phi) is 6.39. The first kappa shape index (κ1) is 27.3. The summed E-state index contributed by atoms with van der Waals surface area (Å²) >= 11 is 0. The third-order valence-corrected chi connectivity index (χ3v) is 10.1. The highest BCUT2D eigenvalue weighted by Crippen LogP contribution is 2.67. The Morgan fingerprint density at radius 1 is 0.775 bits per heavy atom. The number of alkyl halides is 6. The third-order valence-electron chi connectivity index (χ3n) is 10.1. The lowest BCUT2D eigenvalue weighted by Crippen LogP contribution is -2.57. The number of halogens is 6. The van der Waals surface area contributed by atoms with Gasteiger partial charge < -0.3 is 9.22 Å². The zero-order valence-corrected chi connectivity index (χ0v) is 22.2. The first-order valence-electron chi connectivity index (χ1n) is 13.8. The van der Waals surface area contributed by atoms with Crippen LogP contribution in [0.2, 0.25) is 0 Å². The second-order valence-corrected chi connectivity index (χ2v) is 12.0. The van der Waals surface area contributed by atoms with Gasteiger partial charge in [0.15, 0.2) is 5.60 Å². The largest absolute Gasteiger partial charge is 0.416 e. The van der Waals surface area contributed by atoms with Crippen LogP contribution >= 0.6 is 0 Å². The van der Waals surface area contributed by atoms with Crippen LogP contribution in [0.3, 0.4) is 0 Å². The SMILES string of the molecule is C[C@@]12[C@H]3CC[C@@H]1[C@@](OCc1ccccc1)(c1ccccc1)C[N@+]2(Cc1cc(C(F)(F)F)cc(C(F)(F)F)c1)CC3. The van der Waals surface area contributed by atoms with Crippen molar-refractivity contribution >= 4 is 0 Å². The maximum atomic E-state index is 13.7. The molecule has 6 rings (SSSR count). The number of benzene rings is 3. The molecule has 3 aromatic carbocycles. The molecule has 8 heteroatoms. The summed E-state index contributed by atoms with van der Waals surface area (Å²) in [6.07, 6.45) is -6.97. The summed E-state index contributed by atoms with van der Waals surface area (Å²) in [5.41, 5.74) is -1.45. The maximum absolute atomic E-state index is 13.7. The van der Waals surface area contributed by atoms with E-state index in [2.05, 4.69) is 6.92 Å². The van der Waals surface area contributed by atoms with Crippen LogP contribution < -0.4 is 0 Å². The van der Waals surface area contributed by atoms with E-state index in [1.165, 1.54) is 0 Å². The van der Waals surface area contributed by atoms with E-state index in [1.54, 1.807) is 0 Å². The minimum atomic E-state index is -4.87. The second-order valence-electron chi connectivity index (χ2n) is 12.0. The summed E-state index contributed by atoms with van der Waals surface area (Å²) in [6, 6.07) is 21.9. The predicted octanol–water partition coefficient (Wildman–Crippen LogP) is 8.36.